The van der Waals surface area contributed by atoms with Crippen molar-refractivity contribution in [2.45, 2.75) is 20.8 Å². The van der Waals surface area contributed by atoms with Gasteiger partial charge in [0, 0.05) is 0 Å². The molecule has 0 aliphatic heterocycles. The SMILES string of the molecule is C/C=C\C(=N)OC.CC. The highest BCUT2D eigenvalue weighted by Crippen LogP contribution is 1.74. The van der Waals surface area contributed by atoms with Crippen LogP contribution in [0.2, 0.25) is 0 Å². The van der Waals surface area contributed by atoms with Gasteiger partial charge in [-0.25, -0.2) is 0 Å². The number of rotatable bonds is 1. The molecule has 0 aliphatic rings. The Morgan fingerprint density at radius 2 is 1.89 bits per heavy atom. The van der Waals surface area contributed by atoms with Gasteiger partial charge < -0.3 is 4.74 Å². The third kappa shape index (κ3) is 11.0. The molecule has 0 aromatic rings. The second kappa shape index (κ2) is 10.2. The molecule has 2 nitrogen and oxygen atoms in total. The molecule has 0 bridgehead atoms. The number of ether oxygens (including phenoxy) is 1. The van der Waals surface area contributed by atoms with Crippen molar-refractivity contribution in [3.63, 3.8) is 0 Å². The molecule has 1 N–H and O–H groups in total. The van der Waals surface area contributed by atoms with Gasteiger partial charge in [0.05, 0.1) is 7.11 Å². The largest absolute Gasteiger partial charge is 0.481 e. The van der Waals surface area contributed by atoms with Crippen LogP contribution in [0.5, 0.6) is 0 Å². The molecule has 0 rings (SSSR count). The van der Waals surface area contributed by atoms with Crippen LogP contribution in [0.4, 0.5) is 0 Å². The van der Waals surface area contributed by atoms with Crippen LogP contribution >= 0.6 is 0 Å². The minimum absolute atomic E-state index is 0.197. The second-order valence-electron chi connectivity index (χ2n) is 1.07. The summed E-state index contributed by atoms with van der Waals surface area (Å²) in [6, 6.07) is 0. The van der Waals surface area contributed by atoms with Gasteiger partial charge in [-0.05, 0) is 13.0 Å². The number of methoxy groups -OCH3 is 1. The first-order chi connectivity index (χ1) is 4.31. The van der Waals surface area contributed by atoms with E-state index in [1.54, 1.807) is 12.2 Å². The van der Waals surface area contributed by atoms with E-state index in [4.69, 9.17) is 5.41 Å². The molecule has 0 spiro atoms. The summed E-state index contributed by atoms with van der Waals surface area (Å²) in [6.45, 7) is 5.84. The van der Waals surface area contributed by atoms with E-state index < -0.39 is 0 Å². The van der Waals surface area contributed by atoms with Gasteiger partial charge in [0.15, 0.2) is 0 Å². The first-order valence-electron chi connectivity index (χ1n) is 3.06. The number of hydrogen-bond acceptors (Lipinski definition) is 2. The Hall–Kier alpha value is -0.790. The summed E-state index contributed by atoms with van der Waals surface area (Å²) in [6.07, 6.45) is 3.34. The molecule has 0 unspecified atom stereocenters. The Kier molecular flexibility index (Phi) is 12.6. The maximum Gasteiger partial charge on any atom is 0.205 e. The molecule has 54 valence electrons. The zero-order chi connectivity index (χ0) is 7.70. The summed E-state index contributed by atoms with van der Waals surface area (Å²) in [5.74, 6) is 0.197. The summed E-state index contributed by atoms with van der Waals surface area (Å²) in [5, 5.41) is 6.83. The van der Waals surface area contributed by atoms with E-state index in [9.17, 15) is 0 Å². The molecular weight excluding hydrogens is 114 g/mol. The zero-order valence-electron chi connectivity index (χ0n) is 6.56. The summed E-state index contributed by atoms with van der Waals surface area (Å²) in [4.78, 5) is 0. The smallest absolute Gasteiger partial charge is 0.205 e. The molecular formula is C7H15NO. The zero-order valence-corrected chi connectivity index (χ0v) is 6.56. The minimum atomic E-state index is 0.197. The molecule has 0 radical (unpaired) electrons. The van der Waals surface area contributed by atoms with E-state index in [-0.39, 0.29) is 5.90 Å². The van der Waals surface area contributed by atoms with Crippen LogP contribution in [-0.2, 0) is 4.74 Å². The van der Waals surface area contributed by atoms with Crippen LogP contribution in [-0.4, -0.2) is 13.0 Å². The van der Waals surface area contributed by atoms with Crippen LogP contribution in [0.3, 0.4) is 0 Å². The lowest BCUT2D eigenvalue weighted by Crippen LogP contribution is -1.90. The topological polar surface area (TPSA) is 33.1 Å². The van der Waals surface area contributed by atoms with E-state index in [0.717, 1.165) is 0 Å². The van der Waals surface area contributed by atoms with Crippen molar-refractivity contribution in [2.24, 2.45) is 0 Å². The first-order valence-corrected chi connectivity index (χ1v) is 3.06. The molecule has 0 heterocycles. The highest BCUT2D eigenvalue weighted by molar-refractivity contribution is 5.84. The van der Waals surface area contributed by atoms with Crippen LogP contribution in [0.1, 0.15) is 20.8 Å². The third-order valence-electron chi connectivity index (χ3n) is 0.538. The summed E-state index contributed by atoms with van der Waals surface area (Å²) < 4.78 is 4.49. The quantitative estimate of drug-likeness (QED) is 0.427. The predicted molar refractivity (Wildman–Crippen MR) is 40.9 cm³/mol. The molecule has 0 saturated heterocycles. The maximum absolute atomic E-state index is 6.83. The average molecular weight is 129 g/mol. The Morgan fingerprint density at radius 3 is 2.00 bits per heavy atom. The molecule has 9 heavy (non-hydrogen) atoms. The van der Waals surface area contributed by atoms with Crippen LogP contribution in [0.25, 0.3) is 0 Å². The van der Waals surface area contributed by atoms with E-state index in [0.29, 0.717) is 0 Å². The van der Waals surface area contributed by atoms with Crippen molar-refractivity contribution >= 4 is 5.90 Å². The van der Waals surface area contributed by atoms with E-state index >= 15 is 0 Å². The summed E-state index contributed by atoms with van der Waals surface area (Å²) in [7, 11) is 1.47. The summed E-state index contributed by atoms with van der Waals surface area (Å²) in [5.41, 5.74) is 0. The van der Waals surface area contributed by atoms with E-state index in [1.807, 2.05) is 20.8 Å². The maximum atomic E-state index is 6.83. The lowest BCUT2D eigenvalue weighted by atomic mass is 10.5. The number of allylic oxidation sites excluding steroid dienone is 1. The van der Waals surface area contributed by atoms with Gasteiger partial charge in [-0.2, -0.15) is 0 Å². The van der Waals surface area contributed by atoms with Crippen LogP contribution < -0.4 is 0 Å². The van der Waals surface area contributed by atoms with Crippen molar-refractivity contribution in [3.05, 3.63) is 12.2 Å². The third-order valence-corrected chi connectivity index (χ3v) is 0.538. The van der Waals surface area contributed by atoms with Crippen molar-refractivity contribution in [1.82, 2.24) is 0 Å². The van der Waals surface area contributed by atoms with Gasteiger partial charge in [-0.1, -0.05) is 19.9 Å². The lowest BCUT2D eigenvalue weighted by Gasteiger charge is -1.89. The monoisotopic (exact) mass is 129 g/mol. The van der Waals surface area contributed by atoms with Gasteiger partial charge in [-0.3, -0.25) is 5.41 Å². The normalized spacial score (nSPS) is 8.00. The Morgan fingerprint density at radius 1 is 1.44 bits per heavy atom. The fraction of sp³-hybridized carbons (Fsp3) is 0.571. The molecule has 0 atom stereocenters. The molecule has 0 saturated carbocycles. The lowest BCUT2D eigenvalue weighted by molar-refractivity contribution is 0.403. The van der Waals surface area contributed by atoms with Crippen LogP contribution in [0, 0.1) is 5.41 Å². The van der Waals surface area contributed by atoms with E-state index in [2.05, 4.69) is 4.74 Å². The van der Waals surface area contributed by atoms with Crippen molar-refractivity contribution in [3.8, 4) is 0 Å². The minimum Gasteiger partial charge on any atom is -0.481 e. The predicted octanol–water partition coefficient (Wildman–Crippen LogP) is 2.21. The molecule has 0 aromatic heterocycles. The Labute approximate surface area is 57.0 Å². The Balaban J connectivity index is 0. The molecule has 0 amide bonds. The van der Waals surface area contributed by atoms with Gasteiger partial charge in [0.25, 0.3) is 0 Å². The average Bonchev–Trinajstić information content (AvgIpc) is 1.93. The number of hydrogen-bond donors (Lipinski definition) is 1. The van der Waals surface area contributed by atoms with Crippen LogP contribution in [0.15, 0.2) is 12.2 Å². The molecule has 2 heteroatoms. The molecule has 0 aromatic carbocycles. The van der Waals surface area contributed by atoms with Crippen molar-refractivity contribution < 1.29 is 4.74 Å². The van der Waals surface area contributed by atoms with Gasteiger partial charge in [-0.15, -0.1) is 0 Å². The molecule has 0 aliphatic carbocycles. The van der Waals surface area contributed by atoms with Gasteiger partial charge in [0.1, 0.15) is 0 Å². The van der Waals surface area contributed by atoms with Gasteiger partial charge >= 0.3 is 0 Å². The fourth-order valence-corrected chi connectivity index (χ4v) is 0.219. The summed E-state index contributed by atoms with van der Waals surface area (Å²) >= 11 is 0. The Bertz CT molecular complexity index is 86.9. The first kappa shape index (κ1) is 11.1. The number of nitrogens with one attached hydrogen (secondary N) is 1. The molecule has 0 fully saturated rings. The standard InChI is InChI=1S/C5H9NO.C2H6/c1-3-4-5(6)7-2;1-2/h3-4,6H,1-2H3;1-2H3/b4-3-,6-5?;. The highest BCUT2D eigenvalue weighted by Gasteiger charge is 1.77. The van der Waals surface area contributed by atoms with Crippen molar-refractivity contribution in [1.29, 1.82) is 5.41 Å². The highest BCUT2D eigenvalue weighted by atomic mass is 16.5. The van der Waals surface area contributed by atoms with Crippen molar-refractivity contribution in [2.75, 3.05) is 7.11 Å². The second-order valence-corrected chi connectivity index (χ2v) is 1.07. The fourth-order valence-electron chi connectivity index (χ4n) is 0.219. The van der Waals surface area contributed by atoms with Gasteiger partial charge in [0.2, 0.25) is 5.90 Å². The van der Waals surface area contributed by atoms with E-state index in [1.165, 1.54) is 7.11 Å².